The molecule has 1 N–H and O–H groups in total. The van der Waals surface area contributed by atoms with Crippen molar-refractivity contribution >= 4 is 17.6 Å². The Kier molecular flexibility index (Phi) is 6.14. The molecule has 1 heterocycles. The minimum atomic E-state index is -4.77. The first-order chi connectivity index (χ1) is 12.6. The Morgan fingerprint density at radius 3 is 2.33 bits per heavy atom. The van der Waals surface area contributed by atoms with Crippen LogP contribution in [0.3, 0.4) is 0 Å². The zero-order valence-electron chi connectivity index (χ0n) is 15.0. The Bertz CT molecular complexity index is 826. The summed E-state index contributed by atoms with van der Waals surface area (Å²) in [6, 6.07) is 6.46. The predicted molar refractivity (Wildman–Crippen MR) is 91.6 cm³/mol. The fourth-order valence-electron chi connectivity index (χ4n) is 2.54. The van der Waals surface area contributed by atoms with Crippen molar-refractivity contribution in [2.75, 3.05) is 11.9 Å². The SMILES string of the molecule is CCOC(=O)c1cc(C)n(CC(=O)Nc2ccc(OC(F)(F)F)cc2)c1C. The molecular formula is C18H19F3N2O4. The van der Waals surface area contributed by atoms with Crippen molar-refractivity contribution in [2.24, 2.45) is 0 Å². The fraction of sp³-hybridized carbons (Fsp3) is 0.333. The minimum absolute atomic E-state index is 0.0577. The van der Waals surface area contributed by atoms with Gasteiger partial charge in [0.1, 0.15) is 12.3 Å². The molecule has 0 fully saturated rings. The first kappa shape index (κ1) is 20.3. The molecular weight excluding hydrogens is 365 g/mol. The quantitative estimate of drug-likeness (QED) is 0.769. The topological polar surface area (TPSA) is 69.6 Å². The largest absolute Gasteiger partial charge is 0.573 e. The zero-order valence-corrected chi connectivity index (χ0v) is 15.0. The van der Waals surface area contributed by atoms with E-state index in [4.69, 9.17) is 4.74 Å². The van der Waals surface area contributed by atoms with Gasteiger partial charge in [0.15, 0.2) is 0 Å². The molecule has 1 aromatic carbocycles. The smallest absolute Gasteiger partial charge is 0.462 e. The van der Waals surface area contributed by atoms with Gasteiger partial charge in [-0.3, -0.25) is 4.79 Å². The van der Waals surface area contributed by atoms with E-state index in [0.717, 1.165) is 12.1 Å². The highest BCUT2D eigenvalue weighted by Crippen LogP contribution is 2.24. The van der Waals surface area contributed by atoms with E-state index in [9.17, 15) is 22.8 Å². The lowest BCUT2D eigenvalue weighted by Crippen LogP contribution is -2.20. The lowest BCUT2D eigenvalue weighted by atomic mass is 10.2. The summed E-state index contributed by atoms with van der Waals surface area (Å²) in [4.78, 5) is 24.2. The summed E-state index contributed by atoms with van der Waals surface area (Å²) in [5.74, 6) is -1.23. The van der Waals surface area contributed by atoms with Crippen LogP contribution in [0.1, 0.15) is 28.7 Å². The fourth-order valence-corrected chi connectivity index (χ4v) is 2.54. The van der Waals surface area contributed by atoms with Crippen LogP contribution in [0.2, 0.25) is 0 Å². The van der Waals surface area contributed by atoms with Crippen molar-refractivity contribution in [3.8, 4) is 5.75 Å². The molecule has 1 amide bonds. The Balaban J connectivity index is 2.05. The van der Waals surface area contributed by atoms with Crippen molar-refractivity contribution in [2.45, 2.75) is 33.7 Å². The second-order valence-electron chi connectivity index (χ2n) is 5.71. The molecule has 146 valence electrons. The number of hydrogen-bond donors (Lipinski definition) is 1. The minimum Gasteiger partial charge on any atom is -0.462 e. The molecule has 2 aromatic rings. The maximum Gasteiger partial charge on any atom is 0.573 e. The third-order valence-electron chi connectivity index (χ3n) is 3.74. The van der Waals surface area contributed by atoms with E-state index >= 15 is 0 Å². The van der Waals surface area contributed by atoms with Gasteiger partial charge in [0.25, 0.3) is 0 Å². The number of rotatable bonds is 6. The van der Waals surface area contributed by atoms with Crippen molar-refractivity contribution < 1.29 is 32.2 Å². The number of amides is 1. The van der Waals surface area contributed by atoms with Gasteiger partial charge in [-0.2, -0.15) is 0 Å². The third-order valence-corrected chi connectivity index (χ3v) is 3.74. The van der Waals surface area contributed by atoms with E-state index in [1.165, 1.54) is 12.1 Å². The zero-order chi connectivity index (χ0) is 20.2. The van der Waals surface area contributed by atoms with E-state index in [-0.39, 0.29) is 18.9 Å². The lowest BCUT2D eigenvalue weighted by Gasteiger charge is -2.12. The molecule has 0 atom stereocenters. The number of ether oxygens (including phenoxy) is 2. The molecule has 1 aromatic heterocycles. The van der Waals surface area contributed by atoms with E-state index in [0.29, 0.717) is 22.6 Å². The number of hydrogen-bond acceptors (Lipinski definition) is 4. The maximum absolute atomic E-state index is 12.2. The summed E-state index contributed by atoms with van der Waals surface area (Å²) in [5, 5.41) is 2.59. The summed E-state index contributed by atoms with van der Waals surface area (Å²) >= 11 is 0. The van der Waals surface area contributed by atoms with Crippen molar-refractivity contribution in [1.29, 1.82) is 0 Å². The highest BCUT2D eigenvalue weighted by Gasteiger charge is 2.31. The molecule has 0 saturated carbocycles. The second kappa shape index (κ2) is 8.15. The van der Waals surface area contributed by atoms with Crippen LogP contribution in [0.5, 0.6) is 5.75 Å². The van der Waals surface area contributed by atoms with Gasteiger partial charge in [0.2, 0.25) is 5.91 Å². The standard InChI is InChI=1S/C18H19F3N2O4/c1-4-26-17(25)15-9-11(2)23(12(15)3)10-16(24)22-13-5-7-14(8-6-13)27-18(19,20)21/h5-9H,4,10H2,1-3H3,(H,22,24). The normalized spacial score (nSPS) is 11.2. The molecule has 9 heteroatoms. The van der Waals surface area contributed by atoms with Gasteiger partial charge in [0.05, 0.1) is 12.2 Å². The lowest BCUT2D eigenvalue weighted by molar-refractivity contribution is -0.274. The maximum atomic E-state index is 12.2. The Hall–Kier alpha value is -2.97. The van der Waals surface area contributed by atoms with Crippen LogP contribution in [0, 0.1) is 13.8 Å². The van der Waals surface area contributed by atoms with Crippen molar-refractivity contribution in [3.05, 3.63) is 47.3 Å². The molecule has 0 saturated heterocycles. The average Bonchev–Trinajstić information content (AvgIpc) is 2.84. The molecule has 6 nitrogen and oxygen atoms in total. The van der Waals surface area contributed by atoms with Gasteiger partial charge >= 0.3 is 12.3 Å². The number of carbonyl (C=O) groups excluding carboxylic acids is 2. The molecule has 0 bridgehead atoms. The van der Waals surface area contributed by atoms with Crippen molar-refractivity contribution in [1.82, 2.24) is 4.57 Å². The number of benzene rings is 1. The molecule has 0 aliphatic carbocycles. The summed E-state index contributed by atoms with van der Waals surface area (Å²) in [5.41, 5.74) is 2.01. The molecule has 27 heavy (non-hydrogen) atoms. The van der Waals surface area contributed by atoms with Crippen LogP contribution in [-0.4, -0.2) is 29.4 Å². The number of carbonyl (C=O) groups is 2. The average molecular weight is 384 g/mol. The van der Waals surface area contributed by atoms with Gasteiger partial charge in [-0.1, -0.05) is 0 Å². The summed E-state index contributed by atoms with van der Waals surface area (Å²) in [6.45, 7) is 5.35. The van der Waals surface area contributed by atoms with E-state index < -0.39 is 18.2 Å². The Labute approximate surface area is 153 Å². The number of nitrogens with one attached hydrogen (secondary N) is 1. The number of esters is 1. The highest BCUT2D eigenvalue weighted by molar-refractivity contribution is 5.93. The summed E-state index contributed by atoms with van der Waals surface area (Å²) < 4.78 is 46.9. The van der Waals surface area contributed by atoms with Crippen molar-refractivity contribution in [3.63, 3.8) is 0 Å². The molecule has 2 rings (SSSR count). The van der Waals surface area contributed by atoms with Gasteiger partial charge in [0, 0.05) is 17.1 Å². The third kappa shape index (κ3) is 5.50. The molecule has 0 radical (unpaired) electrons. The van der Waals surface area contributed by atoms with Gasteiger partial charge in [-0.25, -0.2) is 4.79 Å². The molecule has 0 aliphatic heterocycles. The summed E-state index contributed by atoms with van der Waals surface area (Å²) in [7, 11) is 0. The van der Waals surface area contributed by atoms with Gasteiger partial charge in [-0.05, 0) is 51.1 Å². The van der Waals surface area contributed by atoms with Gasteiger partial charge in [-0.15, -0.1) is 13.2 Å². The van der Waals surface area contributed by atoms with Crippen LogP contribution in [0.15, 0.2) is 30.3 Å². The number of anilines is 1. The predicted octanol–water partition coefficient (Wildman–Crippen LogP) is 3.82. The van der Waals surface area contributed by atoms with E-state index in [1.54, 1.807) is 31.4 Å². The Morgan fingerprint density at radius 2 is 1.78 bits per heavy atom. The number of halogens is 3. The monoisotopic (exact) mass is 384 g/mol. The number of aromatic nitrogens is 1. The summed E-state index contributed by atoms with van der Waals surface area (Å²) in [6.07, 6.45) is -4.77. The number of alkyl halides is 3. The van der Waals surface area contributed by atoms with Crippen LogP contribution in [0.4, 0.5) is 18.9 Å². The molecule has 0 unspecified atom stereocenters. The van der Waals surface area contributed by atoms with Crippen LogP contribution in [0.25, 0.3) is 0 Å². The highest BCUT2D eigenvalue weighted by atomic mass is 19.4. The van der Waals surface area contributed by atoms with Crippen LogP contribution < -0.4 is 10.1 Å². The molecule has 0 aliphatic rings. The van der Waals surface area contributed by atoms with E-state index in [1.807, 2.05) is 0 Å². The number of aryl methyl sites for hydroxylation is 1. The number of nitrogens with zero attached hydrogens (tertiary/aromatic N) is 1. The first-order valence-corrected chi connectivity index (χ1v) is 8.10. The molecule has 0 spiro atoms. The Morgan fingerprint density at radius 1 is 1.15 bits per heavy atom. The van der Waals surface area contributed by atoms with Crippen LogP contribution in [-0.2, 0) is 16.1 Å². The van der Waals surface area contributed by atoms with Crippen LogP contribution >= 0.6 is 0 Å². The second-order valence-corrected chi connectivity index (χ2v) is 5.71. The van der Waals surface area contributed by atoms with E-state index in [2.05, 4.69) is 10.1 Å². The van der Waals surface area contributed by atoms with Gasteiger partial charge < -0.3 is 19.4 Å². The first-order valence-electron chi connectivity index (χ1n) is 8.10.